The minimum Gasteiger partial charge on any atom is -0.478 e. The maximum Gasteiger partial charge on any atom is 0.336 e. The fraction of sp³-hybridized carbons (Fsp3) is 0.417. The molecule has 5 heteroatoms. The van der Waals surface area contributed by atoms with Gasteiger partial charge in [0.25, 0.3) is 0 Å². The maximum absolute atomic E-state index is 10.8. The molecule has 0 aliphatic heterocycles. The van der Waals surface area contributed by atoms with Gasteiger partial charge in [0, 0.05) is 16.7 Å². The zero-order valence-corrected chi connectivity index (χ0v) is 12.3. The van der Waals surface area contributed by atoms with Crippen LogP contribution in [0, 0.1) is 5.92 Å². The summed E-state index contributed by atoms with van der Waals surface area (Å²) in [5, 5.41) is 12.2. The summed E-state index contributed by atoms with van der Waals surface area (Å²) in [4.78, 5) is 10.8. The van der Waals surface area contributed by atoms with Crippen LogP contribution in [-0.2, 0) is 0 Å². The lowest BCUT2D eigenvalue weighted by molar-refractivity contribution is 0.0696. The number of carbonyl (C=O) groups is 1. The molecule has 2 N–H and O–H groups in total. The van der Waals surface area contributed by atoms with E-state index in [1.54, 1.807) is 18.2 Å². The highest BCUT2D eigenvalue weighted by molar-refractivity contribution is 9.10. The lowest BCUT2D eigenvalue weighted by Gasteiger charge is -2.13. The molecular formula is C12H16BrNO2S. The van der Waals surface area contributed by atoms with Crippen molar-refractivity contribution in [2.75, 3.05) is 23.9 Å². The Hall–Kier alpha value is -0.680. The number of thioether (sulfide) groups is 1. The molecule has 3 nitrogen and oxygen atoms in total. The molecule has 1 aromatic rings. The molecule has 0 heterocycles. The number of carboxylic acid groups (broad SMARTS) is 1. The van der Waals surface area contributed by atoms with Gasteiger partial charge in [-0.1, -0.05) is 6.92 Å². The summed E-state index contributed by atoms with van der Waals surface area (Å²) in [5.74, 6) is 0.781. The minimum absolute atomic E-state index is 0.285. The van der Waals surface area contributed by atoms with Crippen LogP contribution in [0.25, 0.3) is 0 Å². The van der Waals surface area contributed by atoms with Crippen molar-refractivity contribution in [3.63, 3.8) is 0 Å². The zero-order chi connectivity index (χ0) is 12.8. The molecule has 0 aliphatic rings. The van der Waals surface area contributed by atoms with Crippen LogP contribution < -0.4 is 5.32 Å². The van der Waals surface area contributed by atoms with Gasteiger partial charge in [-0.05, 0) is 52.1 Å². The predicted molar refractivity (Wildman–Crippen MR) is 77.1 cm³/mol. The molecule has 0 amide bonds. The van der Waals surface area contributed by atoms with Crippen LogP contribution in [0.2, 0.25) is 0 Å². The molecule has 94 valence electrons. The predicted octanol–water partition coefficient (Wildman–Crippen LogP) is 3.56. The highest BCUT2D eigenvalue weighted by Crippen LogP contribution is 2.22. The fourth-order valence-corrected chi connectivity index (χ4v) is 2.67. The van der Waals surface area contributed by atoms with Gasteiger partial charge in [-0.25, -0.2) is 4.79 Å². The molecule has 0 spiro atoms. The van der Waals surface area contributed by atoms with E-state index in [0.717, 1.165) is 18.0 Å². The normalized spacial score (nSPS) is 12.2. The van der Waals surface area contributed by atoms with Gasteiger partial charge in [-0.3, -0.25) is 0 Å². The topological polar surface area (TPSA) is 49.3 Å². The molecule has 1 unspecified atom stereocenters. The first kappa shape index (κ1) is 14.4. The number of anilines is 1. The summed E-state index contributed by atoms with van der Waals surface area (Å²) in [6, 6.07) is 5.20. The van der Waals surface area contributed by atoms with Gasteiger partial charge in [0.15, 0.2) is 0 Å². The van der Waals surface area contributed by atoms with Crippen molar-refractivity contribution in [2.45, 2.75) is 6.92 Å². The number of halogens is 1. The van der Waals surface area contributed by atoms with Crippen molar-refractivity contribution >= 4 is 39.3 Å². The van der Waals surface area contributed by atoms with Gasteiger partial charge in [-0.2, -0.15) is 11.8 Å². The van der Waals surface area contributed by atoms with Crippen LogP contribution >= 0.6 is 27.7 Å². The van der Waals surface area contributed by atoms with Gasteiger partial charge >= 0.3 is 5.97 Å². The van der Waals surface area contributed by atoms with Crippen LogP contribution in [0.1, 0.15) is 17.3 Å². The molecule has 1 atom stereocenters. The summed E-state index contributed by atoms with van der Waals surface area (Å²) in [7, 11) is 0. The first-order valence-corrected chi connectivity index (χ1v) is 7.49. The van der Waals surface area contributed by atoms with E-state index in [9.17, 15) is 4.79 Å². The number of hydrogen-bond donors (Lipinski definition) is 2. The Balaban J connectivity index is 2.62. The molecule has 0 bridgehead atoms. The van der Waals surface area contributed by atoms with Gasteiger partial charge < -0.3 is 10.4 Å². The van der Waals surface area contributed by atoms with E-state index < -0.39 is 5.97 Å². The van der Waals surface area contributed by atoms with Crippen molar-refractivity contribution in [1.82, 2.24) is 0 Å². The maximum atomic E-state index is 10.8. The van der Waals surface area contributed by atoms with Crippen LogP contribution in [0.15, 0.2) is 22.7 Å². The van der Waals surface area contributed by atoms with E-state index in [-0.39, 0.29) is 5.56 Å². The third-order valence-corrected chi connectivity index (χ3v) is 3.86. The molecule has 0 saturated carbocycles. The Morgan fingerprint density at radius 1 is 1.59 bits per heavy atom. The third-order valence-electron chi connectivity index (χ3n) is 2.31. The summed E-state index contributed by atoms with van der Waals surface area (Å²) in [5.41, 5.74) is 1.22. The van der Waals surface area contributed by atoms with Crippen LogP contribution in [0.4, 0.5) is 5.69 Å². The van der Waals surface area contributed by atoms with Crippen LogP contribution in [0.5, 0.6) is 0 Å². The molecule has 1 aromatic carbocycles. The minimum atomic E-state index is -0.917. The largest absolute Gasteiger partial charge is 0.478 e. The summed E-state index contributed by atoms with van der Waals surface area (Å²) in [6.45, 7) is 3.07. The van der Waals surface area contributed by atoms with Crippen molar-refractivity contribution < 1.29 is 9.90 Å². The van der Waals surface area contributed by atoms with E-state index >= 15 is 0 Å². The Labute approximate surface area is 114 Å². The lowest BCUT2D eigenvalue weighted by atomic mass is 10.2. The van der Waals surface area contributed by atoms with E-state index in [1.807, 2.05) is 11.8 Å². The summed E-state index contributed by atoms with van der Waals surface area (Å²) < 4.78 is 0.604. The average Bonchev–Trinajstić information content (AvgIpc) is 2.26. The summed E-state index contributed by atoms with van der Waals surface area (Å²) >= 11 is 5.09. The lowest BCUT2D eigenvalue weighted by Crippen LogP contribution is -2.13. The smallest absolute Gasteiger partial charge is 0.336 e. The number of aromatic carboxylic acids is 1. The fourth-order valence-electron chi connectivity index (χ4n) is 1.43. The number of hydrogen-bond acceptors (Lipinski definition) is 3. The molecule has 0 radical (unpaired) electrons. The Morgan fingerprint density at radius 2 is 2.29 bits per heavy atom. The van der Waals surface area contributed by atoms with E-state index in [1.165, 1.54) is 0 Å². The zero-order valence-electron chi connectivity index (χ0n) is 9.87. The van der Waals surface area contributed by atoms with E-state index in [2.05, 4.69) is 34.4 Å². The molecule has 0 aromatic heterocycles. The van der Waals surface area contributed by atoms with Gasteiger partial charge in [0.2, 0.25) is 0 Å². The van der Waals surface area contributed by atoms with Gasteiger partial charge in [-0.15, -0.1) is 0 Å². The Morgan fingerprint density at radius 3 is 2.82 bits per heavy atom. The van der Waals surface area contributed by atoms with Crippen molar-refractivity contribution in [3.05, 3.63) is 28.2 Å². The quantitative estimate of drug-likeness (QED) is 0.842. The van der Waals surface area contributed by atoms with E-state index in [0.29, 0.717) is 10.4 Å². The highest BCUT2D eigenvalue weighted by Gasteiger charge is 2.08. The second-order valence-corrected chi connectivity index (χ2v) is 5.71. The number of benzene rings is 1. The molecular weight excluding hydrogens is 302 g/mol. The van der Waals surface area contributed by atoms with Crippen LogP contribution in [0.3, 0.4) is 0 Å². The third kappa shape index (κ3) is 4.60. The van der Waals surface area contributed by atoms with Gasteiger partial charge in [0.05, 0.1) is 5.56 Å². The molecule has 1 rings (SSSR count). The Bertz CT molecular complexity index is 398. The summed E-state index contributed by atoms with van der Waals surface area (Å²) in [6.07, 6.45) is 2.09. The number of carboxylic acids is 1. The van der Waals surface area contributed by atoms with Crippen molar-refractivity contribution in [2.24, 2.45) is 5.92 Å². The highest BCUT2D eigenvalue weighted by atomic mass is 79.9. The van der Waals surface area contributed by atoms with Crippen LogP contribution in [-0.4, -0.2) is 29.6 Å². The SMILES string of the molecule is CSCC(C)CNc1ccc(C(=O)O)c(Br)c1. The second kappa shape index (κ2) is 6.91. The number of rotatable bonds is 6. The van der Waals surface area contributed by atoms with Crippen molar-refractivity contribution in [1.29, 1.82) is 0 Å². The average molecular weight is 318 g/mol. The first-order valence-electron chi connectivity index (χ1n) is 5.30. The van der Waals surface area contributed by atoms with Gasteiger partial charge in [0.1, 0.15) is 0 Å². The Kier molecular flexibility index (Phi) is 5.85. The second-order valence-electron chi connectivity index (χ2n) is 3.94. The molecule has 0 aliphatic carbocycles. The first-order chi connectivity index (χ1) is 8.04. The number of nitrogens with one attached hydrogen (secondary N) is 1. The monoisotopic (exact) mass is 317 g/mol. The van der Waals surface area contributed by atoms with Crippen molar-refractivity contribution in [3.8, 4) is 0 Å². The standard InChI is InChI=1S/C12H16BrNO2S/c1-8(7-17-2)6-14-9-3-4-10(12(15)16)11(13)5-9/h3-5,8,14H,6-7H2,1-2H3,(H,15,16). The molecule has 17 heavy (non-hydrogen) atoms. The molecule has 0 fully saturated rings. The molecule has 0 saturated heterocycles. The van der Waals surface area contributed by atoms with E-state index in [4.69, 9.17) is 5.11 Å².